The van der Waals surface area contributed by atoms with Crippen LogP contribution >= 0.6 is 24.0 Å². The second-order valence-corrected chi connectivity index (χ2v) is 10.6. The van der Waals surface area contributed by atoms with Crippen molar-refractivity contribution in [3.8, 4) is 0 Å². The highest BCUT2D eigenvalue weighted by atomic mass is 127. The number of sulfone groups is 1. The molecule has 0 aromatic carbocycles. The van der Waals surface area contributed by atoms with E-state index in [-0.39, 0.29) is 42.3 Å². The summed E-state index contributed by atoms with van der Waals surface area (Å²) in [6, 6.07) is 0.147. The van der Waals surface area contributed by atoms with E-state index >= 15 is 0 Å². The van der Waals surface area contributed by atoms with E-state index in [2.05, 4.69) is 34.6 Å². The molecule has 0 amide bonds. The predicted octanol–water partition coefficient (Wildman–Crippen LogP) is 2.35. The van der Waals surface area contributed by atoms with Gasteiger partial charge >= 0.3 is 0 Å². The molecule has 1 rings (SSSR count). The van der Waals surface area contributed by atoms with Gasteiger partial charge in [-0.1, -0.05) is 0 Å². The van der Waals surface area contributed by atoms with E-state index in [9.17, 15) is 8.42 Å². The van der Waals surface area contributed by atoms with Crippen molar-refractivity contribution in [2.45, 2.75) is 65.7 Å². The lowest BCUT2D eigenvalue weighted by Crippen LogP contribution is -2.43. The number of hydrogen-bond donors (Lipinski definition) is 2. The molecule has 0 aliphatic carbocycles. The molecule has 7 nitrogen and oxygen atoms in total. The highest BCUT2D eigenvalue weighted by molar-refractivity contribution is 14.0. The molecule has 0 bridgehead atoms. The Morgan fingerprint density at radius 2 is 1.89 bits per heavy atom. The van der Waals surface area contributed by atoms with Gasteiger partial charge in [0.1, 0.15) is 0 Å². The maximum atomic E-state index is 12.2. The van der Waals surface area contributed by atoms with Gasteiger partial charge in [-0.15, -0.1) is 24.0 Å². The van der Waals surface area contributed by atoms with Crippen molar-refractivity contribution in [2.75, 3.05) is 18.8 Å². The summed E-state index contributed by atoms with van der Waals surface area (Å²) in [5.74, 6) is 0.686. The molecule has 0 aliphatic rings. The minimum atomic E-state index is -3.17. The fraction of sp³-hybridized carbons (Fsp3) is 0.778. The molecule has 1 heterocycles. The average Bonchev–Trinajstić information content (AvgIpc) is 2.72. The molecule has 1 aromatic heterocycles. The summed E-state index contributed by atoms with van der Waals surface area (Å²) in [5.41, 5.74) is 3.44. The van der Waals surface area contributed by atoms with Gasteiger partial charge in [0.05, 0.1) is 22.7 Å². The molecular formula is C18H36IN5O2S. The molecule has 0 radical (unpaired) electrons. The number of aryl methyl sites for hydroxylation is 2. The molecule has 1 unspecified atom stereocenters. The van der Waals surface area contributed by atoms with Crippen molar-refractivity contribution in [1.29, 1.82) is 0 Å². The van der Waals surface area contributed by atoms with Gasteiger partial charge in [-0.05, 0) is 60.5 Å². The van der Waals surface area contributed by atoms with E-state index in [1.165, 1.54) is 5.56 Å². The van der Waals surface area contributed by atoms with Crippen LogP contribution in [0.4, 0.5) is 0 Å². The van der Waals surface area contributed by atoms with Crippen molar-refractivity contribution >= 4 is 39.8 Å². The van der Waals surface area contributed by atoms with Crippen LogP contribution in [-0.4, -0.2) is 53.8 Å². The van der Waals surface area contributed by atoms with Crippen molar-refractivity contribution in [3.05, 3.63) is 17.0 Å². The molecule has 2 N–H and O–H groups in total. The molecule has 0 aliphatic heterocycles. The number of nitrogens with one attached hydrogen (secondary N) is 2. The van der Waals surface area contributed by atoms with Crippen molar-refractivity contribution in [1.82, 2.24) is 20.4 Å². The van der Waals surface area contributed by atoms with E-state index in [1.807, 2.05) is 25.6 Å². The first-order valence-corrected chi connectivity index (χ1v) is 10.8. The van der Waals surface area contributed by atoms with Gasteiger partial charge in [-0.25, -0.2) is 8.42 Å². The Hall–Kier alpha value is -0.840. The van der Waals surface area contributed by atoms with Gasteiger partial charge < -0.3 is 10.6 Å². The first-order valence-electron chi connectivity index (χ1n) is 9.15. The molecule has 0 spiro atoms. The Morgan fingerprint density at radius 1 is 1.30 bits per heavy atom. The molecular weight excluding hydrogens is 477 g/mol. The highest BCUT2D eigenvalue weighted by Crippen LogP contribution is 2.16. The summed E-state index contributed by atoms with van der Waals surface area (Å²) in [6.45, 7) is 14.3. The van der Waals surface area contributed by atoms with Crippen molar-refractivity contribution in [2.24, 2.45) is 12.0 Å². The van der Waals surface area contributed by atoms with Crippen LogP contribution in [0.25, 0.3) is 0 Å². The number of rotatable bonds is 7. The second kappa shape index (κ2) is 10.6. The normalized spacial score (nSPS) is 13.9. The van der Waals surface area contributed by atoms with Crippen LogP contribution in [0, 0.1) is 13.8 Å². The van der Waals surface area contributed by atoms with Crippen LogP contribution < -0.4 is 10.6 Å². The van der Waals surface area contributed by atoms with Gasteiger partial charge in [0.15, 0.2) is 15.8 Å². The number of aliphatic imine (C=N–C) groups is 1. The van der Waals surface area contributed by atoms with Crippen LogP contribution in [0.3, 0.4) is 0 Å². The first-order chi connectivity index (χ1) is 11.9. The quantitative estimate of drug-likeness (QED) is 0.332. The van der Waals surface area contributed by atoms with Crippen molar-refractivity contribution < 1.29 is 8.42 Å². The number of aromatic nitrogens is 2. The Kier molecular flexibility index (Phi) is 10.3. The first kappa shape index (κ1) is 26.2. The van der Waals surface area contributed by atoms with E-state index < -0.39 is 14.6 Å². The third kappa shape index (κ3) is 7.59. The minimum Gasteiger partial charge on any atom is -0.357 e. The molecule has 0 saturated heterocycles. The van der Waals surface area contributed by atoms with Crippen LogP contribution in [-0.2, 0) is 23.3 Å². The van der Waals surface area contributed by atoms with Crippen LogP contribution in [0.5, 0.6) is 0 Å². The SMILES string of the molecule is CCNC(=NCCS(=O)(=O)C(C)(C)C)NC(C)Cc1c(C)nn(C)c1C.I. The molecule has 9 heteroatoms. The predicted molar refractivity (Wildman–Crippen MR) is 124 cm³/mol. The fourth-order valence-corrected chi connectivity index (χ4v) is 3.55. The summed E-state index contributed by atoms with van der Waals surface area (Å²) in [4.78, 5) is 4.44. The molecule has 1 aromatic rings. The zero-order valence-corrected chi connectivity index (χ0v) is 21.0. The lowest BCUT2D eigenvalue weighted by atomic mass is 10.1. The number of nitrogens with zero attached hydrogens (tertiary/aromatic N) is 3. The minimum absolute atomic E-state index is 0. The second-order valence-electron chi connectivity index (χ2n) is 7.71. The Balaban J connectivity index is 0.00000676. The zero-order valence-electron chi connectivity index (χ0n) is 17.9. The lowest BCUT2D eigenvalue weighted by Gasteiger charge is -2.20. The Labute approximate surface area is 181 Å². The number of guanidine groups is 1. The summed E-state index contributed by atoms with van der Waals surface area (Å²) in [6.07, 6.45) is 0.830. The summed E-state index contributed by atoms with van der Waals surface area (Å²) >= 11 is 0. The monoisotopic (exact) mass is 513 g/mol. The van der Waals surface area contributed by atoms with Gasteiger partial charge in [0.25, 0.3) is 0 Å². The smallest absolute Gasteiger partial charge is 0.191 e. The Bertz CT molecular complexity index is 736. The molecule has 27 heavy (non-hydrogen) atoms. The van der Waals surface area contributed by atoms with E-state index in [0.717, 1.165) is 24.4 Å². The van der Waals surface area contributed by atoms with Crippen LogP contribution in [0.15, 0.2) is 4.99 Å². The third-order valence-electron chi connectivity index (χ3n) is 4.46. The lowest BCUT2D eigenvalue weighted by molar-refractivity contribution is 0.560. The van der Waals surface area contributed by atoms with E-state index in [0.29, 0.717) is 5.96 Å². The number of halogens is 1. The zero-order chi connectivity index (χ0) is 20.1. The highest BCUT2D eigenvalue weighted by Gasteiger charge is 2.28. The van der Waals surface area contributed by atoms with Gasteiger partial charge in [-0.3, -0.25) is 9.67 Å². The van der Waals surface area contributed by atoms with Gasteiger partial charge in [0, 0.05) is 25.3 Å². The summed E-state index contributed by atoms with van der Waals surface area (Å²) in [5, 5.41) is 11.0. The third-order valence-corrected chi connectivity index (χ3v) is 7.05. The van der Waals surface area contributed by atoms with Crippen LogP contribution in [0.2, 0.25) is 0 Å². The maximum Gasteiger partial charge on any atom is 0.191 e. The number of hydrogen-bond acceptors (Lipinski definition) is 4. The van der Waals surface area contributed by atoms with Crippen LogP contribution in [0.1, 0.15) is 51.6 Å². The fourth-order valence-electron chi connectivity index (χ4n) is 2.61. The molecule has 0 saturated carbocycles. The van der Waals surface area contributed by atoms with E-state index in [4.69, 9.17) is 0 Å². The summed E-state index contributed by atoms with van der Waals surface area (Å²) in [7, 11) is -1.22. The molecule has 1 atom stereocenters. The topological polar surface area (TPSA) is 88.4 Å². The van der Waals surface area contributed by atoms with E-state index in [1.54, 1.807) is 20.8 Å². The molecule has 158 valence electrons. The standard InChI is InChI=1S/C18H35N5O2S.HI/c1-9-19-17(20-10-11-26(24,25)18(5,6)7)21-13(2)12-16-14(3)22-23(8)15(16)4;/h13H,9-12H2,1-8H3,(H2,19,20,21);1H. The Morgan fingerprint density at radius 3 is 2.33 bits per heavy atom. The summed E-state index contributed by atoms with van der Waals surface area (Å²) < 4.78 is 25.6. The van der Waals surface area contributed by atoms with Gasteiger partial charge in [0.2, 0.25) is 0 Å². The van der Waals surface area contributed by atoms with Gasteiger partial charge in [-0.2, -0.15) is 5.10 Å². The maximum absolute atomic E-state index is 12.2. The molecule has 0 fully saturated rings. The largest absolute Gasteiger partial charge is 0.357 e. The van der Waals surface area contributed by atoms with Crippen molar-refractivity contribution in [3.63, 3.8) is 0 Å². The average molecular weight is 513 g/mol.